The summed E-state index contributed by atoms with van der Waals surface area (Å²) in [6.07, 6.45) is -1.63. The van der Waals surface area contributed by atoms with Gasteiger partial charge in [0.25, 0.3) is 0 Å². The normalized spacial score (nSPS) is 13.3. The number of imidazole rings is 1. The standard InChI is InChI=1S/C11H15F3N2O2S/c1-8(10(17)18-2)5-19-6-9-15-3-4-16(9)7-11(12,13)14/h3-4,8H,5-7H2,1-2H3. The predicted octanol–water partition coefficient (Wildman–Crippen LogP) is 2.49. The van der Waals surface area contributed by atoms with Gasteiger partial charge in [0, 0.05) is 18.1 Å². The number of halogens is 3. The molecule has 1 atom stereocenters. The Bertz CT molecular complexity index is 420. The Morgan fingerprint density at radius 2 is 2.26 bits per heavy atom. The maximum atomic E-state index is 12.3. The highest BCUT2D eigenvalue weighted by atomic mass is 32.2. The number of alkyl halides is 3. The van der Waals surface area contributed by atoms with Crippen molar-refractivity contribution in [2.45, 2.75) is 25.4 Å². The summed E-state index contributed by atoms with van der Waals surface area (Å²) in [5, 5.41) is 0. The number of carbonyl (C=O) groups is 1. The molecule has 1 heterocycles. The Morgan fingerprint density at radius 3 is 2.84 bits per heavy atom. The number of thioether (sulfide) groups is 1. The minimum Gasteiger partial charge on any atom is -0.469 e. The van der Waals surface area contributed by atoms with E-state index >= 15 is 0 Å². The molecule has 0 spiro atoms. The first-order chi connectivity index (χ1) is 8.83. The van der Waals surface area contributed by atoms with E-state index < -0.39 is 12.7 Å². The number of ether oxygens (including phenoxy) is 1. The Balaban J connectivity index is 2.46. The number of aromatic nitrogens is 2. The van der Waals surface area contributed by atoms with Crippen molar-refractivity contribution >= 4 is 17.7 Å². The Kier molecular flexibility index (Phi) is 5.71. The molecule has 4 nitrogen and oxygen atoms in total. The van der Waals surface area contributed by atoms with E-state index in [0.717, 1.165) is 4.57 Å². The number of nitrogens with zero attached hydrogens (tertiary/aromatic N) is 2. The number of hydrogen-bond acceptors (Lipinski definition) is 4. The highest BCUT2D eigenvalue weighted by molar-refractivity contribution is 7.98. The Labute approximate surface area is 113 Å². The number of rotatable bonds is 6. The van der Waals surface area contributed by atoms with Crippen molar-refractivity contribution in [3.05, 3.63) is 18.2 Å². The summed E-state index contributed by atoms with van der Waals surface area (Å²) in [5.41, 5.74) is 0. The molecule has 0 saturated heterocycles. The average Bonchev–Trinajstić information content (AvgIpc) is 2.73. The van der Waals surface area contributed by atoms with Gasteiger partial charge in [-0.15, -0.1) is 0 Å². The summed E-state index contributed by atoms with van der Waals surface area (Å²) >= 11 is 1.35. The summed E-state index contributed by atoms with van der Waals surface area (Å²) in [6.45, 7) is 0.663. The zero-order valence-corrected chi connectivity index (χ0v) is 11.4. The molecule has 1 rings (SSSR count). The molecule has 19 heavy (non-hydrogen) atoms. The van der Waals surface area contributed by atoms with Gasteiger partial charge in [-0.2, -0.15) is 24.9 Å². The van der Waals surface area contributed by atoms with Gasteiger partial charge in [0.1, 0.15) is 12.4 Å². The first-order valence-corrected chi connectivity index (χ1v) is 6.71. The molecule has 1 aromatic heterocycles. The number of esters is 1. The summed E-state index contributed by atoms with van der Waals surface area (Å²) < 4.78 is 42.5. The molecule has 1 unspecified atom stereocenters. The van der Waals surface area contributed by atoms with E-state index in [-0.39, 0.29) is 11.9 Å². The molecule has 0 fully saturated rings. The molecule has 0 bridgehead atoms. The second-order valence-corrected chi connectivity index (χ2v) is 5.06. The molecule has 0 saturated carbocycles. The van der Waals surface area contributed by atoms with Crippen LogP contribution < -0.4 is 0 Å². The molecular weight excluding hydrogens is 281 g/mol. The molecule has 0 radical (unpaired) electrons. The van der Waals surface area contributed by atoms with Crippen molar-refractivity contribution in [2.24, 2.45) is 5.92 Å². The van der Waals surface area contributed by atoms with Crippen molar-refractivity contribution in [3.8, 4) is 0 Å². The van der Waals surface area contributed by atoms with Gasteiger partial charge in [-0.25, -0.2) is 4.98 Å². The lowest BCUT2D eigenvalue weighted by atomic mass is 10.2. The number of carbonyl (C=O) groups excluding carboxylic acids is 1. The third-order valence-corrected chi connectivity index (χ3v) is 3.55. The van der Waals surface area contributed by atoms with Crippen LogP contribution in [0.1, 0.15) is 12.7 Å². The van der Waals surface area contributed by atoms with E-state index in [1.807, 2.05) is 0 Å². The van der Waals surface area contributed by atoms with Crippen LogP contribution in [0.5, 0.6) is 0 Å². The zero-order chi connectivity index (χ0) is 14.5. The van der Waals surface area contributed by atoms with Gasteiger partial charge < -0.3 is 9.30 Å². The second-order valence-electron chi connectivity index (χ2n) is 4.03. The molecule has 8 heteroatoms. The quantitative estimate of drug-likeness (QED) is 0.757. The van der Waals surface area contributed by atoms with Gasteiger partial charge in [-0.3, -0.25) is 4.79 Å². The van der Waals surface area contributed by atoms with Crippen LogP contribution in [0.15, 0.2) is 12.4 Å². The largest absolute Gasteiger partial charge is 0.469 e. The zero-order valence-electron chi connectivity index (χ0n) is 10.6. The highest BCUT2D eigenvalue weighted by Gasteiger charge is 2.28. The molecule has 0 aromatic carbocycles. The van der Waals surface area contributed by atoms with E-state index in [4.69, 9.17) is 0 Å². The van der Waals surface area contributed by atoms with Crippen LogP contribution >= 0.6 is 11.8 Å². The maximum Gasteiger partial charge on any atom is 0.406 e. The molecule has 0 aliphatic carbocycles. The van der Waals surface area contributed by atoms with Gasteiger partial charge in [-0.05, 0) is 0 Å². The molecule has 1 aromatic rings. The first kappa shape index (κ1) is 15.9. The minimum absolute atomic E-state index is 0.291. The van der Waals surface area contributed by atoms with E-state index in [9.17, 15) is 18.0 Å². The fraction of sp³-hybridized carbons (Fsp3) is 0.636. The van der Waals surface area contributed by atoms with E-state index in [1.165, 1.54) is 31.3 Å². The van der Waals surface area contributed by atoms with Gasteiger partial charge >= 0.3 is 12.1 Å². The minimum atomic E-state index is -4.26. The van der Waals surface area contributed by atoms with Gasteiger partial charge in [0.2, 0.25) is 0 Å². The number of methoxy groups -OCH3 is 1. The summed E-state index contributed by atoms with van der Waals surface area (Å²) in [5.74, 6) is 0.530. The van der Waals surface area contributed by atoms with E-state index in [2.05, 4.69) is 9.72 Å². The van der Waals surface area contributed by atoms with Crippen molar-refractivity contribution in [3.63, 3.8) is 0 Å². The Morgan fingerprint density at radius 1 is 1.58 bits per heavy atom. The van der Waals surface area contributed by atoms with Crippen molar-refractivity contribution < 1.29 is 22.7 Å². The Hall–Kier alpha value is -1.18. The molecule has 0 N–H and O–H groups in total. The number of hydrogen-bond donors (Lipinski definition) is 0. The van der Waals surface area contributed by atoms with Crippen molar-refractivity contribution in [1.82, 2.24) is 9.55 Å². The smallest absolute Gasteiger partial charge is 0.406 e. The highest BCUT2D eigenvalue weighted by Crippen LogP contribution is 2.20. The summed E-state index contributed by atoms with van der Waals surface area (Å²) in [4.78, 5) is 15.0. The molecule has 0 amide bonds. The van der Waals surface area contributed by atoms with Crippen LogP contribution in [-0.4, -0.2) is 34.6 Å². The van der Waals surface area contributed by atoms with Gasteiger partial charge in [0.15, 0.2) is 0 Å². The molecule has 0 aliphatic rings. The lowest BCUT2D eigenvalue weighted by molar-refractivity contribution is -0.144. The molecule has 108 valence electrons. The summed E-state index contributed by atoms with van der Waals surface area (Å²) in [7, 11) is 1.31. The summed E-state index contributed by atoms with van der Waals surface area (Å²) in [6, 6.07) is 0. The van der Waals surface area contributed by atoms with E-state index in [1.54, 1.807) is 6.92 Å². The average molecular weight is 296 g/mol. The third kappa shape index (κ3) is 5.54. The maximum absolute atomic E-state index is 12.3. The van der Waals surface area contributed by atoms with E-state index in [0.29, 0.717) is 17.3 Å². The van der Waals surface area contributed by atoms with Crippen LogP contribution in [0.25, 0.3) is 0 Å². The molecular formula is C11H15F3N2O2S. The fourth-order valence-corrected chi connectivity index (χ4v) is 2.44. The fourth-order valence-electron chi connectivity index (χ4n) is 1.41. The van der Waals surface area contributed by atoms with Crippen molar-refractivity contribution in [1.29, 1.82) is 0 Å². The molecule has 0 aliphatic heterocycles. The van der Waals surface area contributed by atoms with Crippen molar-refractivity contribution in [2.75, 3.05) is 12.9 Å². The lowest BCUT2D eigenvalue weighted by Crippen LogP contribution is -2.19. The van der Waals surface area contributed by atoms with Crippen LogP contribution in [0.4, 0.5) is 13.2 Å². The lowest BCUT2D eigenvalue weighted by Gasteiger charge is -2.11. The monoisotopic (exact) mass is 296 g/mol. The predicted molar refractivity (Wildman–Crippen MR) is 65.6 cm³/mol. The first-order valence-electron chi connectivity index (χ1n) is 5.56. The topological polar surface area (TPSA) is 44.1 Å². The van der Waals surface area contributed by atoms with Crippen LogP contribution in [-0.2, 0) is 21.8 Å². The SMILES string of the molecule is COC(=O)C(C)CSCc1nccn1CC(F)(F)F. The van der Waals surface area contributed by atoms with Crippen LogP contribution in [0.3, 0.4) is 0 Å². The second kappa shape index (κ2) is 6.83. The van der Waals surface area contributed by atoms with Crippen LogP contribution in [0, 0.1) is 5.92 Å². The third-order valence-electron chi connectivity index (χ3n) is 2.35. The van der Waals surface area contributed by atoms with Crippen LogP contribution in [0.2, 0.25) is 0 Å². The van der Waals surface area contributed by atoms with Gasteiger partial charge in [0.05, 0.1) is 18.8 Å². The van der Waals surface area contributed by atoms with Gasteiger partial charge in [-0.1, -0.05) is 6.92 Å².